The SMILES string of the molecule is C.C.C[C@@H]1C(CO)OCC(N=[N+]=[N-])C1OCc1ccccc1.C[C@H]1OC(CO)CC(OCc2ccccc2)C1NCC(=O)c1ccccc1.O.O.O.O.O=C(O)C1CC(OCc2ccccc2)C(O)CO1.O=C(O)C1CC(OCc2ccccc2)C(OCc2ccccc2)CO1.[N-]=[N+]=NC1COC(CO)CC1O. The molecule has 5 heterocycles. The molecule has 11 rings (SSSR count). The molecule has 31 nitrogen and oxygen atoms in total. The number of carbonyl (C=O) groups is 3. The molecule has 6 aromatic carbocycles. The molecule has 5 aliphatic heterocycles. The Labute approximate surface area is 630 Å². The van der Waals surface area contributed by atoms with Gasteiger partial charge >= 0.3 is 11.9 Å². The van der Waals surface area contributed by atoms with Gasteiger partial charge in [-0.25, -0.2) is 9.59 Å². The molecule has 6 aromatic rings. The monoisotopic (exact) mass is 1520 g/mol. The molecule has 16 N–H and O–H groups in total. The van der Waals surface area contributed by atoms with Crippen LogP contribution in [-0.4, -0.2) is 226 Å². The topological polar surface area (TPSA) is 521 Å². The highest BCUT2D eigenvalue weighted by Gasteiger charge is 2.40. The van der Waals surface area contributed by atoms with Gasteiger partial charge in [0.1, 0.15) is 12.2 Å². The second-order valence-electron chi connectivity index (χ2n) is 24.9. The quantitative estimate of drug-likeness (QED) is 0.0125. The van der Waals surface area contributed by atoms with Crippen molar-refractivity contribution in [1.82, 2.24) is 5.32 Å². The Morgan fingerprint density at radius 1 is 0.463 bits per heavy atom. The molecular weight excluding hydrogens is 1410 g/mol. The van der Waals surface area contributed by atoms with Gasteiger partial charge in [0.25, 0.3) is 0 Å². The van der Waals surface area contributed by atoms with E-state index >= 15 is 0 Å². The third kappa shape index (κ3) is 33.3. The number of hydrogen-bond donors (Lipinski definition) is 8. The maximum atomic E-state index is 12.4. The van der Waals surface area contributed by atoms with E-state index in [0.717, 1.165) is 27.8 Å². The van der Waals surface area contributed by atoms with Crippen LogP contribution in [0.25, 0.3) is 20.9 Å². The normalized spacial score (nSPS) is 25.8. The molecule has 0 spiro atoms. The summed E-state index contributed by atoms with van der Waals surface area (Å²) in [7, 11) is 0. The fourth-order valence-electron chi connectivity index (χ4n) is 11.7. The van der Waals surface area contributed by atoms with Gasteiger partial charge in [0, 0.05) is 47.0 Å². The molecule has 0 aliphatic carbocycles. The smallest absolute Gasteiger partial charge is 0.332 e. The summed E-state index contributed by atoms with van der Waals surface area (Å²) < 4.78 is 56.5. The first kappa shape index (κ1) is 97.8. The van der Waals surface area contributed by atoms with Crippen LogP contribution in [0.15, 0.2) is 192 Å². The highest BCUT2D eigenvalue weighted by Crippen LogP contribution is 2.29. The molecular formula is C77H111N7O24. The summed E-state index contributed by atoms with van der Waals surface area (Å²) in [6.45, 7) is 6.72. The molecule has 17 atom stereocenters. The summed E-state index contributed by atoms with van der Waals surface area (Å²) in [6, 6.07) is 57.3. The molecule has 15 unspecified atom stereocenters. The first-order valence-electron chi connectivity index (χ1n) is 34.0. The van der Waals surface area contributed by atoms with Gasteiger partial charge in [0.2, 0.25) is 0 Å². The van der Waals surface area contributed by atoms with Crippen LogP contribution in [-0.2, 0) is 90.0 Å². The van der Waals surface area contributed by atoms with Crippen molar-refractivity contribution in [1.29, 1.82) is 0 Å². The maximum absolute atomic E-state index is 12.4. The number of carboxylic acid groups (broad SMARTS) is 2. The number of aliphatic hydroxyl groups is 5. The second kappa shape index (κ2) is 54.4. The Morgan fingerprint density at radius 2 is 0.861 bits per heavy atom. The van der Waals surface area contributed by atoms with Crippen molar-refractivity contribution < 1.29 is 119 Å². The van der Waals surface area contributed by atoms with E-state index in [9.17, 15) is 39.9 Å². The Morgan fingerprint density at radius 3 is 1.30 bits per heavy atom. The number of rotatable bonds is 26. The van der Waals surface area contributed by atoms with Crippen LogP contribution in [0.5, 0.6) is 0 Å². The summed E-state index contributed by atoms with van der Waals surface area (Å²) >= 11 is 0. The Kier molecular flexibility index (Phi) is 49.2. The van der Waals surface area contributed by atoms with Crippen molar-refractivity contribution in [2.75, 3.05) is 52.8 Å². The zero-order valence-corrected chi connectivity index (χ0v) is 59.3. The largest absolute Gasteiger partial charge is 0.479 e. The number of nitrogens with one attached hydrogen (secondary N) is 1. The van der Waals surface area contributed by atoms with Crippen molar-refractivity contribution in [3.05, 3.63) is 236 Å². The van der Waals surface area contributed by atoms with Gasteiger partial charge in [-0.1, -0.05) is 214 Å². The van der Waals surface area contributed by atoms with Crippen LogP contribution in [0.3, 0.4) is 0 Å². The minimum Gasteiger partial charge on any atom is -0.479 e. The number of aliphatic hydroxyl groups excluding tert-OH is 5. The number of carbonyl (C=O) groups excluding carboxylic acids is 1. The van der Waals surface area contributed by atoms with E-state index in [1.807, 2.05) is 196 Å². The average Bonchev–Trinajstić information content (AvgIpc) is 0.818. The molecule has 0 radical (unpaired) electrons. The van der Waals surface area contributed by atoms with Gasteiger partial charge in [-0.05, 0) is 45.8 Å². The average molecular weight is 1520 g/mol. The lowest BCUT2D eigenvalue weighted by atomic mass is 9.90. The predicted octanol–water partition coefficient (Wildman–Crippen LogP) is 6.48. The summed E-state index contributed by atoms with van der Waals surface area (Å²) in [4.78, 5) is 39.9. The zero-order valence-electron chi connectivity index (χ0n) is 59.3. The molecule has 5 fully saturated rings. The molecule has 0 bridgehead atoms. The number of hydrogen-bond acceptors (Lipinski definition) is 21. The summed E-state index contributed by atoms with van der Waals surface area (Å²) in [5, 5.41) is 75.0. The maximum Gasteiger partial charge on any atom is 0.332 e. The lowest BCUT2D eigenvalue weighted by Gasteiger charge is -2.40. The van der Waals surface area contributed by atoms with E-state index in [1.54, 1.807) is 0 Å². The molecule has 598 valence electrons. The summed E-state index contributed by atoms with van der Waals surface area (Å²) in [5.41, 5.74) is 22.7. The van der Waals surface area contributed by atoms with Gasteiger partial charge in [0.15, 0.2) is 18.0 Å². The Hall–Kier alpha value is -8.25. The van der Waals surface area contributed by atoms with Gasteiger partial charge in [-0.3, -0.25) is 4.79 Å². The van der Waals surface area contributed by atoms with Crippen LogP contribution in [0, 0.1) is 5.92 Å². The molecule has 0 saturated carbocycles. The number of azide groups is 2. The van der Waals surface area contributed by atoms with Crippen molar-refractivity contribution in [2.24, 2.45) is 16.1 Å². The molecule has 31 heteroatoms. The van der Waals surface area contributed by atoms with Crippen molar-refractivity contribution in [3.8, 4) is 0 Å². The highest BCUT2D eigenvalue weighted by atomic mass is 16.6. The first-order valence-corrected chi connectivity index (χ1v) is 34.0. The number of benzene rings is 6. The van der Waals surface area contributed by atoms with Crippen molar-refractivity contribution >= 4 is 17.7 Å². The van der Waals surface area contributed by atoms with Crippen molar-refractivity contribution in [2.45, 2.75) is 185 Å². The van der Waals surface area contributed by atoms with Crippen LogP contribution < -0.4 is 5.32 Å². The number of carboxylic acids is 2. The van der Waals surface area contributed by atoms with Gasteiger partial charge in [-0.2, -0.15) is 0 Å². The van der Waals surface area contributed by atoms with Crippen LogP contribution in [0.2, 0.25) is 0 Å². The van der Waals surface area contributed by atoms with Gasteiger partial charge in [0.05, 0.1) is 159 Å². The molecule has 5 saturated heterocycles. The second-order valence-corrected chi connectivity index (χ2v) is 24.9. The van der Waals surface area contributed by atoms with E-state index in [1.165, 1.54) is 0 Å². The number of aliphatic carboxylic acids is 2. The standard InChI is InChI=1S/C22H27NO4.C20H22O5.C14H19N3O3.C13H16O5.C6H11N3O3.2CH4.4H2O/c1-16-22(23-13-20(25)18-10-6-3-7-11-18)21(12-19(14-24)27-16)26-15-17-8-4-2-5-9-17;21-20(22)18-11-17(23-12-15-7-3-1-4-8-15)19(14-25-18)24-13-16-9-5-2-6-10-16;1-10-13(7-18)19-9-12(16-17-15)14(10)20-8-11-5-3-2-4-6-11;14-10-8-18-12(13(15)16)6-11(10)17-7-9-4-2-1-3-5-9;7-9-8-5-3-12-4(2-10)1-6(5)11;;;;;;/h2-11,16,19,21-24H,12-15H2,1H3;1-10,17-19H,11-14H2,(H,21,22);2-6,10,12-14,18H,7-9H2,1H3;1-5,10-12,14H,6-8H2,(H,15,16);4-6,10-11H,1-3H2;2*1H4;4*1H2/t16-,19?,21?,22?;;10-,12?,13?,14?;;;;;;;;/m1.1......../s1. The van der Waals surface area contributed by atoms with Gasteiger partial charge < -0.3 is 110 Å². The number of ether oxygens (including phenoxy) is 10. The highest BCUT2D eigenvalue weighted by molar-refractivity contribution is 5.97. The first-order chi connectivity index (χ1) is 49.6. The van der Waals surface area contributed by atoms with E-state index < -0.39 is 48.5 Å². The third-order valence-electron chi connectivity index (χ3n) is 17.5. The van der Waals surface area contributed by atoms with E-state index in [2.05, 4.69) is 25.4 Å². The predicted molar refractivity (Wildman–Crippen MR) is 401 cm³/mol. The van der Waals surface area contributed by atoms with E-state index in [-0.39, 0.29) is 175 Å². The van der Waals surface area contributed by atoms with Crippen molar-refractivity contribution in [3.63, 3.8) is 0 Å². The Balaban J connectivity index is 0.000000679. The lowest BCUT2D eigenvalue weighted by molar-refractivity contribution is -0.187. The number of nitrogens with zero attached hydrogens (tertiary/aromatic N) is 6. The van der Waals surface area contributed by atoms with Crippen LogP contribution in [0.1, 0.15) is 92.6 Å². The molecule has 5 aliphatic rings. The minimum atomic E-state index is -1.02. The number of Topliss-reactive ketones (excluding diaryl/α,β-unsaturated/α-hetero) is 1. The molecule has 108 heavy (non-hydrogen) atoms. The zero-order chi connectivity index (χ0) is 72.9. The lowest BCUT2D eigenvalue weighted by Crippen LogP contribution is -2.56. The molecule has 0 amide bonds. The summed E-state index contributed by atoms with van der Waals surface area (Å²) in [5.74, 6) is -1.98. The fourth-order valence-corrected chi connectivity index (χ4v) is 11.7. The van der Waals surface area contributed by atoms with Gasteiger partial charge in [-0.15, -0.1) is 0 Å². The summed E-state index contributed by atoms with van der Waals surface area (Å²) in [6.07, 6.45) is -4.39. The third-order valence-corrected chi connectivity index (χ3v) is 17.5. The van der Waals surface area contributed by atoms with E-state index in [0.29, 0.717) is 51.4 Å². The minimum absolute atomic E-state index is 0. The van der Waals surface area contributed by atoms with E-state index in [4.69, 9.17) is 68.6 Å². The number of ketones is 1. The molecule has 0 aromatic heterocycles. The van der Waals surface area contributed by atoms with Crippen LogP contribution in [0.4, 0.5) is 0 Å². The Bertz CT molecular complexity index is 3440. The fraction of sp³-hybridized carbons (Fsp3) is 0.494. The van der Waals surface area contributed by atoms with Crippen LogP contribution >= 0.6 is 0 Å².